The Morgan fingerprint density at radius 2 is 1.15 bits per heavy atom. The zero-order valence-corrected chi connectivity index (χ0v) is 23.5. The van der Waals surface area contributed by atoms with Crippen LogP contribution in [0.25, 0.3) is 0 Å². The number of aldehydes is 2. The van der Waals surface area contributed by atoms with Crippen molar-refractivity contribution in [1.29, 1.82) is 0 Å². The molecule has 2 atom stereocenters. The Bertz CT molecular complexity index is 913. The zero-order valence-electron chi connectivity index (χ0n) is 22.6. The van der Waals surface area contributed by atoms with E-state index in [0.29, 0.717) is 12.6 Å². The van der Waals surface area contributed by atoms with Gasteiger partial charge < -0.3 is 33.3 Å². The molecule has 0 aromatic heterocycles. The summed E-state index contributed by atoms with van der Waals surface area (Å²) < 4.78 is 26.2. The third kappa shape index (κ3) is 14.6. The molecule has 0 aromatic rings. The van der Waals surface area contributed by atoms with E-state index in [4.69, 9.17) is 23.5 Å². The third-order valence-corrected chi connectivity index (χ3v) is 6.03. The summed E-state index contributed by atoms with van der Waals surface area (Å²) in [6.07, 6.45) is 4.18. The maximum Gasteiger partial charge on any atom is 0.333 e. The molecule has 0 aliphatic heterocycles. The van der Waals surface area contributed by atoms with E-state index < -0.39 is 63.1 Å². The van der Waals surface area contributed by atoms with Gasteiger partial charge in [-0.1, -0.05) is 13.2 Å². The Morgan fingerprint density at radius 3 is 1.45 bits per heavy atom. The molecule has 0 aliphatic carbocycles. The number of hydrogen-bond acceptors (Lipinski definition) is 13. The molecule has 222 valence electrons. The van der Waals surface area contributed by atoms with Gasteiger partial charge in [-0.15, -0.1) is 0 Å². The first-order chi connectivity index (χ1) is 18.8. The summed E-state index contributed by atoms with van der Waals surface area (Å²) in [5, 5.41) is 0. The van der Waals surface area contributed by atoms with E-state index in [1.54, 1.807) is 0 Å². The Morgan fingerprint density at radius 1 is 0.775 bits per heavy atom. The quantitative estimate of drug-likeness (QED) is 0.0691. The van der Waals surface area contributed by atoms with Crippen molar-refractivity contribution in [3.8, 4) is 0 Å². The average molecular weight is 587 g/mol. The van der Waals surface area contributed by atoms with Crippen molar-refractivity contribution in [2.45, 2.75) is 39.2 Å². The predicted octanol–water partition coefficient (Wildman–Crippen LogP) is 1.82. The van der Waals surface area contributed by atoms with Crippen LogP contribution in [0.5, 0.6) is 0 Å². The number of rotatable bonds is 20. The molecule has 14 heteroatoms. The molecular weight excluding hydrogens is 551 g/mol. The van der Waals surface area contributed by atoms with Gasteiger partial charge in [0.25, 0.3) is 0 Å². The van der Waals surface area contributed by atoms with E-state index >= 15 is 0 Å². The van der Waals surface area contributed by atoms with Crippen molar-refractivity contribution in [3.05, 3.63) is 48.6 Å². The Labute approximate surface area is 233 Å². The van der Waals surface area contributed by atoms with E-state index in [9.17, 15) is 38.6 Å². The molecule has 0 amide bonds. The van der Waals surface area contributed by atoms with Crippen LogP contribution in [0.15, 0.2) is 48.6 Å². The van der Waals surface area contributed by atoms with Crippen LogP contribution in [-0.2, 0) is 52.2 Å². The van der Waals surface area contributed by atoms with Gasteiger partial charge in [-0.25, -0.2) is 19.2 Å². The zero-order chi connectivity index (χ0) is 30.7. The summed E-state index contributed by atoms with van der Waals surface area (Å²) in [6, 6.07) is 0. The molecule has 0 spiro atoms. The number of allylic oxidation sites excluding steroid dienone is 2. The molecule has 0 bridgehead atoms. The van der Waals surface area contributed by atoms with E-state index in [-0.39, 0.29) is 37.2 Å². The topological polar surface area (TPSA) is 189 Å². The summed E-state index contributed by atoms with van der Waals surface area (Å²) in [7, 11) is -3.04. The largest absolute Gasteiger partial charge is 0.462 e. The Balaban J connectivity index is 6.31. The summed E-state index contributed by atoms with van der Waals surface area (Å²) in [6.45, 7) is 9.97. The monoisotopic (exact) mass is 586 g/mol. The van der Waals surface area contributed by atoms with E-state index in [1.807, 2.05) is 0 Å². The van der Waals surface area contributed by atoms with Gasteiger partial charge in [-0.2, -0.15) is 0 Å². The molecule has 0 heterocycles. The minimum atomic E-state index is -3.04. The maximum absolute atomic E-state index is 12.1. The average Bonchev–Trinajstić information content (AvgIpc) is 2.88. The van der Waals surface area contributed by atoms with Crippen molar-refractivity contribution in [1.82, 2.24) is 0 Å². The second-order valence-electron chi connectivity index (χ2n) is 8.58. The van der Waals surface area contributed by atoms with Crippen molar-refractivity contribution in [3.63, 3.8) is 0 Å². The molecule has 0 radical (unpaired) electrons. The fourth-order valence-electron chi connectivity index (χ4n) is 3.26. The highest BCUT2D eigenvalue weighted by Crippen LogP contribution is 2.44. The summed E-state index contributed by atoms with van der Waals surface area (Å²) >= 11 is 0. The Kier molecular flexibility index (Phi) is 17.8. The predicted molar refractivity (Wildman–Crippen MR) is 141 cm³/mol. The second-order valence-corrected chi connectivity index (χ2v) is 9.27. The third-order valence-electron chi connectivity index (χ3n) is 5.47. The van der Waals surface area contributed by atoms with Gasteiger partial charge in [0.15, 0.2) is 0 Å². The lowest BCUT2D eigenvalue weighted by atomic mass is 9.76. The fraction of sp³-hybridized carbons (Fsp3) is 0.462. The molecule has 2 unspecified atom stereocenters. The number of hydrogen-bond donors (Lipinski definition) is 2. The normalized spacial score (nSPS) is 14.2. The van der Waals surface area contributed by atoms with Gasteiger partial charge in [0.1, 0.15) is 12.6 Å². The number of carbonyl (C=O) groups is 6. The lowest BCUT2D eigenvalue weighted by molar-refractivity contribution is -0.154. The molecule has 13 nitrogen and oxygen atoms in total. The van der Waals surface area contributed by atoms with Gasteiger partial charge in [-0.05, 0) is 45.8 Å². The SMILES string of the molecule is C=C(C)C(=O)OCCC(COC(=O)/C=C\C=O)C(C)(OP(O)O)C(CCOC(=O)C(=C)C)COC(=O)/C=C\C=O. The lowest BCUT2D eigenvalue weighted by Crippen LogP contribution is -2.49. The van der Waals surface area contributed by atoms with Crippen LogP contribution in [0.2, 0.25) is 0 Å². The Hall–Kier alpha value is -3.51. The summed E-state index contributed by atoms with van der Waals surface area (Å²) in [5.74, 6) is -5.06. The standard InChI is InChI=1S/C26H35O13P/c1-18(2)24(31)35-14-10-20(16-37-22(29)8-6-12-27)26(5,39-40(33)34)21(11-15-36-25(32)19(3)4)17-38-23(30)9-7-13-28/h6-9,12-13,20-21,33-34H,1,3,10-11,14-17H2,2,4-5H3/b8-6-,9-7-. The minimum Gasteiger partial charge on any atom is -0.462 e. The van der Waals surface area contributed by atoms with Crippen molar-refractivity contribution in [2.75, 3.05) is 26.4 Å². The lowest BCUT2D eigenvalue weighted by Gasteiger charge is -2.42. The minimum absolute atomic E-state index is 0.0512. The van der Waals surface area contributed by atoms with E-state index in [0.717, 1.165) is 24.3 Å². The van der Waals surface area contributed by atoms with Crippen LogP contribution in [0.1, 0.15) is 33.6 Å². The number of carbonyl (C=O) groups excluding carboxylic acids is 6. The first kappa shape index (κ1) is 36.5. The summed E-state index contributed by atoms with van der Waals surface area (Å²) in [5.41, 5.74) is -1.41. The van der Waals surface area contributed by atoms with Crippen molar-refractivity contribution >= 4 is 45.1 Å². The van der Waals surface area contributed by atoms with Gasteiger partial charge >= 0.3 is 32.5 Å². The van der Waals surface area contributed by atoms with Gasteiger partial charge in [0.2, 0.25) is 0 Å². The van der Waals surface area contributed by atoms with Crippen LogP contribution in [-0.4, -0.2) is 78.3 Å². The fourth-order valence-corrected chi connectivity index (χ4v) is 3.91. The van der Waals surface area contributed by atoms with Gasteiger partial charge in [0.05, 0.1) is 32.0 Å². The van der Waals surface area contributed by atoms with E-state index in [1.165, 1.54) is 20.8 Å². The molecule has 0 rings (SSSR count). The van der Waals surface area contributed by atoms with Gasteiger partial charge in [-0.3, -0.25) is 9.59 Å². The highest BCUT2D eigenvalue weighted by Gasteiger charge is 2.46. The maximum atomic E-state index is 12.1. The highest BCUT2D eigenvalue weighted by molar-refractivity contribution is 7.39. The second kappa shape index (κ2) is 19.5. The van der Waals surface area contributed by atoms with Crippen molar-refractivity contribution in [2.24, 2.45) is 11.8 Å². The molecule has 0 fully saturated rings. The molecule has 0 saturated heterocycles. The number of esters is 4. The number of ether oxygens (including phenoxy) is 4. The first-order valence-corrected chi connectivity index (χ1v) is 13.0. The van der Waals surface area contributed by atoms with Crippen LogP contribution in [0, 0.1) is 11.8 Å². The van der Waals surface area contributed by atoms with Crippen molar-refractivity contribution < 1.29 is 62.0 Å². The molecule has 0 saturated carbocycles. The first-order valence-electron chi connectivity index (χ1n) is 11.9. The molecule has 0 aromatic carbocycles. The van der Waals surface area contributed by atoms with Crippen LogP contribution in [0.3, 0.4) is 0 Å². The molecule has 0 aliphatic rings. The smallest absolute Gasteiger partial charge is 0.333 e. The van der Waals surface area contributed by atoms with Gasteiger partial charge in [0, 0.05) is 35.1 Å². The molecule has 2 N–H and O–H groups in total. The van der Waals surface area contributed by atoms with Crippen LogP contribution in [0.4, 0.5) is 0 Å². The van der Waals surface area contributed by atoms with Crippen LogP contribution < -0.4 is 0 Å². The highest BCUT2D eigenvalue weighted by atomic mass is 31.2. The molecular formula is C26H35O13P. The summed E-state index contributed by atoms with van der Waals surface area (Å²) in [4.78, 5) is 88.6. The van der Waals surface area contributed by atoms with E-state index in [2.05, 4.69) is 13.2 Å². The molecule has 40 heavy (non-hydrogen) atoms. The van der Waals surface area contributed by atoms with Crippen LogP contribution >= 0.6 is 8.60 Å².